The van der Waals surface area contributed by atoms with Crippen molar-refractivity contribution in [3.63, 3.8) is 0 Å². The molecular formula is C17H22N2O4. The Morgan fingerprint density at radius 1 is 1.22 bits per heavy atom. The number of fused-ring (bicyclic) bond motifs is 1. The molecule has 0 aliphatic heterocycles. The summed E-state index contributed by atoms with van der Waals surface area (Å²) in [5, 5.41) is 6.40. The zero-order valence-corrected chi connectivity index (χ0v) is 13.6. The van der Waals surface area contributed by atoms with Gasteiger partial charge in [-0.15, -0.1) is 0 Å². The summed E-state index contributed by atoms with van der Waals surface area (Å²) < 4.78 is 10.7. The SMILES string of the molecule is CC(C)OC(=O)CCNC(=O)NC(C)c1cc2ccccc2o1. The molecule has 6 nitrogen and oxygen atoms in total. The summed E-state index contributed by atoms with van der Waals surface area (Å²) in [6.45, 7) is 5.63. The predicted octanol–water partition coefficient (Wildman–Crippen LogP) is 3.13. The van der Waals surface area contributed by atoms with Gasteiger partial charge < -0.3 is 19.8 Å². The first-order valence-electron chi connectivity index (χ1n) is 7.68. The molecule has 2 rings (SSSR count). The number of furan rings is 1. The molecule has 0 saturated heterocycles. The van der Waals surface area contributed by atoms with Crippen molar-refractivity contribution in [3.8, 4) is 0 Å². The third-order valence-electron chi connectivity index (χ3n) is 3.20. The van der Waals surface area contributed by atoms with Gasteiger partial charge in [-0.05, 0) is 32.9 Å². The quantitative estimate of drug-likeness (QED) is 0.802. The second kappa shape index (κ2) is 7.67. The highest BCUT2D eigenvalue weighted by atomic mass is 16.5. The van der Waals surface area contributed by atoms with Gasteiger partial charge >= 0.3 is 12.0 Å². The predicted molar refractivity (Wildman–Crippen MR) is 87.0 cm³/mol. The van der Waals surface area contributed by atoms with E-state index in [2.05, 4.69) is 10.6 Å². The summed E-state index contributed by atoms with van der Waals surface area (Å²) in [7, 11) is 0. The summed E-state index contributed by atoms with van der Waals surface area (Å²) in [5.74, 6) is 0.353. The topological polar surface area (TPSA) is 80.6 Å². The lowest BCUT2D eigenvalue weighted by molar-refractivity contribution is -0.147. The molecule has 2 amide bonds. The number of carbonyl (C=O) groups is 2. The maximum Gasteiger partial charge on any atom is 0.315 e. The van der Waals surface area contributed by atoms with Gasteiger partial charge in [-0.1, -0.05) is 18.2 Å². The Kier molecular flexibility index (Phi) is 5.62. The minimum Gasteiger partial charge on any atom is -0.463 e. The lowest BCUT2D eigenvalue weighted by atomic mass is 10.2. The molecule has 6 heteroatoms. The van der Waals surface area contributed by atoms with Gasteiger partial charge in [0.1, 0.15) is 11.3 Å². The Hall–Kier alpha value is -2.50. The molecule has 2 aromatic rings. The van der Waals surface area contributed by atoms with Crippen molar-refractivity contribution < 1.29 is 18.7 Å². The molecule has 124 valence electrons. The molecule has 1 aromatic carbocycles. The van der Waals surface area contributed by atoms with Crippen molar-refractivity contribution in [2.45, 2.75) is 39.3 Å². The molecule has 1 atom stereocenters. The number of hydrogen-bond donors (Lipinski definition) is 2. The maximum absolute atomic E-state index is 11.8. The first kappa shape index (κ1) is 16.9. The number of hydrogen-bond acceptors (Lipinski definition) is 4. The van der Waals surface area contributed by atoms with E-state index in [1.165, 1.54) is 0 Å². The highest BCUT2D eigenvalue weighted by Crippen LogP contribution is 2.23. The van der Waals surface area contributed by atoms with Crippen LogP contribution in [0.4, 0.5) is 4.79 Å². The van der Waals surface area contributed by atoms with Crippen LogP contribution in [0.15, 0.2) is 34.7 Å². The zero-order valence-electron chi connectivity index (χ0n) is 13.6. The summed E-state index contributed by atoms with van der Waals surface area (Å²) in [6, 6.07) is 8.95. The molecule has 0 spiro atoms. The normalized spacial score (nSPS) is 12.2. The number of esters is 1. The van der Waals surface area contributed by atoms with Crippen LogP contribution in [0.25, 0.3) is 11.0 Å². The first-order chi connectivity index (χ1) is 11.0. The summed E-state index contributed by atoms with van der Waals surface area (Å²) >= 11 is 0. The summed E-state index contributed by atoms with van der Waals surface area (Å²) in [5.41, 5.74) is 0.785. The van der Waals surface area contributed by atoms with Crippen LogP contribution >= 0.6 is 0 Å². The van der Waals surface area contributed by atoms with Crippen LogP contribution in [-0.2, 0) is 9.53 Å². The number of amides is 2. The zero-order chi connectivity index (χ0) is 16.8. The van der Waals surface area contributed by atoms with E-state index in [1.807, 2.05) is 37.3 Å². The average molecular weight is 318 g/mol. The summed E-state index contributed by atoms with van der Waals surface area (Å²) in [6.07, 6.45) is -0.00520. The Balaban J connectivity index is 1.79. The molecule has 23 heavy (non-hydrogen) atoms. The van der Waals surface area contributed by atoms with E-state index in [0.717, 1.165) is 11.0 Å². The number of benzene rings is 1. The van der Waals surface area contributed by atoms with Crippen LogP contribution < -0.4 is 10.6 Å². The largest absolute Gasteiger partial charge is 0.463 e. The smallest absolute Gasteiger partial charge is 0.315 e. The number of para-hydroxylation sites is 1. The highest BCUT2D eigenvalue weighted by Gasteiger charge is 2.14. The van der Waals surface area contributed by atoms with Crippen molar-refractivity contribution >= 4 is 23.0 Å². The maximum atomic E-state index is 11.8. The Labute approximate surface area is 135 Å². The van der Waals surface area contributed by atoms with Crippen LogP contribution in [-0.4, -0.2) is 24.6 Å². The monoisotopic (exact) mass is 318 g/mol. The number of urea groups is 1. The molecule has 0 fully saturated rings. The van der Waals surface area contributed by atoms with E-state index in [1.54, 1.807) is 13.8 Å². The fraction of sp³-hybridized carbons (Fsp3) is 0.412. The molecule has 2 N–H and O–H groups in total. The standard InChI is InChI=1S/C17H22N2O4/c1-11(2)22-16(20)8-9-18-17(21)19-12(3)15-10-13-6-4-5-7-14(13)23-15/h4-7,10-12H,8-9H2,1-3H3,(H2,18,19,21). The second-order valence-corrected chi connectivity index (χ2v) is 5.60. The summed E-state index contributed by atoms with van der Waals surface area (Å²) in [4.78, 5) is 23.2. The molecule has 1 unspecified atom stereocenters. The second-order valence-electron chi connectivity index (χ2n) is 5.60. The van der Waals surface area contributed by atoms with Crippen molar-refractivity contribution in [3.05, 3.63) is 36.1 Å². The van der Waals surface area contributed by atoms with E-state index >= 15 is 0 Å². The number of nitrogens with one attached hydrogen (secondary N) is 2. The van der Waals surface area contributed by atoms with Crippen LogP contribution in [0.5, 0.6) is 0 Å². The van der Waals surface area contributed by atoms with Crippen molar-refractivity contribution in [2.24, 2.45) is 0 Å². The van der Waals surface area contributed by atoms with Crippen LogP contribution in [0.2, 0.25) is 0 Å². The molecule has 0 saturated carbocycles. The molecule has 0 aliphatic rings. The van der Waals surface area contributed by atoms with Crippen molar-refractivity contribution in [1.29, 1.82) is 0 Å². The molecular weight excluding hydrogens is 296 g/mol. The molecule has 1 heterocycles. The number of rotatable bonds is 6. The Bertz CT molecular complexity index is 645. The fourth-order valence-electron chi connectivity index (χ4n) is 2.13. The Morgan fingerprint density at radius 3 is 2.65 bits per heavy atom. The van der Waals surface area contributed by atoms with Crippen LogP contribution in [0.1, 0.15) is 39.0 Å². The fourth-order valence-corrected chi connectivity index (χ4v) is 2.13. The van der Waals surface area contributed by atoms with Crippen LogP contribution in [0, 0.1) is 0 Å². The van der Waals surface area contributed by atoms with Gasteiger partial charge in [-0.2, -0.15) is 0 Å². The lowest BCUT2D eigenvalue weighted by Crippen LogP contribution is -2.38. The minimum atomic E-state index is -0.352. The van der Waals surface area contributed by atoms with Crippen molar-refractivity contribution in [1.82, 2.24) is 10.6 Å². The minimum absolute atomic E-state index is 0.143. The first-order valence-corrected chi connectivity index (χ1v) is 7.68. The van der Waals surface area contributed by atoms with E-state index in [-0.39, 0.29) is 37.1 Å². The van der Waals surface area contributed by atoms with Gasteiger partial charge in [-0.25, -0.2) is 4.79 Å². The van der Waals surface area contributed by atoms with Gasteiger partial charge in [0.15, 0.2) is 0 Å². The van der Waals surface area contributed by atoms with Gasteiger partial charge in [0.25, 0.3) is 0 Å². The van der Waals surface area contributed by atoms with Crippen LogP contribution in [0.3, 0.4) is 0 Å². The number of ether oxygens (including phenoxy) is 1. The molecule has 0 bridgehead atoms. The van der Waals surface area contributed by atoms with Gasteiger partial charge in [-0.3, -0.25) is 4.79 Å². The molecule has 0 radical (unpaired) electrons. The van der Waals surface area contributed by atoms with E-state index in [4.69, 9.17) is 9.15 Å². The van der Waals surface area contributed by atoms with Gasteiger partial charge in [0.2, 0.25) is 0 Å². The Morgan fingerprint density at radius 2 is 1.96 bits per heavy atom. The number of carbonyl (C=O) groups excluding carboxylic acids is 2. The van der Waals surface area contributed by atoms with Crippen molar-refractivity contribution in [2.75, 3.05) is 6.54 Å². The van der Waals surface area contributed by atoms with Gasteiger partial charge in [0, 0.05) is 11.9 Å². The van der Waals surface area contributed by atoms with E-state index in [0.29, 0.717) is 5.76 Å². The third-order valence-corrected chi connectivity index (χ3v) is 3.20. The van der Waals surface area contributed by atoms with E-state index in [9.17, 15) is 9.59 Å². The highest BCUT2D eigenvalue weighted by molar-refractivity contribution is 5.79. The van der Waals surface area contributed by atoms with Gasteiger partial charge in [0.05, 0.1) is 18.6 Å². The third kappa shape index (κ3) is 5.02. The average Bonchev–Trinajstić information content (AvgIpc) is 2.90. The lowest BCUT2D eigenvalue weighted by Gasteiger charge is -2.12. The molecule has 1 aromatic heterocycles. The molecule has 0 aliphatic carbocycles. The van der Waals surface area contributed by atoms with E-state index < -0.39 is 0 Å².